The van der Waals surface area contributed by atoms with Crippen molar-refractivity contribution < 1.29 is 23.5 Å². The van der Waals surface area contributed by atoms with Crippen molar-refractivity contribution in [2.75, 3.05) is 5.32 Å². The highest BCUT2D eigenvalue weighted by molar-refractivity contribution is 7.22. The number of hydrogen-bond acceptors (Lipinski definition) is 5. The van der Waals surface area contributed by atoms with E-state index in [0.717, 1.165) is 16.0 Å². The minimum Gasteiger partial charge on any atom is -0.480 e. The fraction of sp³-hybridized carbons (Fsp3) is 0.192. The molecule has 182 valence electrons. The maximum absolute atomic E-state index is 14.7. The first-order chi connectivity index (χ1) is 16.2. The van der Waals surface area contributed by atoms with Crippen LogP contribution in [0.2, 0.25) is 0 Å². The fourth-order valence-electron chi connectivity index (χ4n) is 3.43. The number of aromatic nitrogens is 1. The summed E-state index contributed by atoms with van der Waals surface area (Å²) in [6.45, 7) is 3.32. The van der Waals surface area contributed by atoms with Crippen LogP contribution in [0, 0.1) is 17.6 Å². The molecule has 0 saturated carbocycles. The van der Waals surface area contributed by atoms with Crippen molar-refractivity contribution in [2.45, 2.75) is 27.3 Å². The summed E-state index contributed by atoms with van der Waals surface area (Å²) in [4.78, 5) is 28.1. The lowest BCUT2D eigenvalue weighted by Crippen LogP contribution is -2.44. The normalized spacial score (nSPS) is 11.7. The van der Waals surface area contributed by atoms with Gasteiger partial charge >= 0.3 is 5.97 Å². The van der Waals surface area contributed by atoms with E-state index in [1.807, 2.05) is 0 Å². The molecule has 3 aromatic carbocycles. The lowest BCUT2D eigenvalue weighted by molar-refractivity contribution is -0.140. The molecule has 1 heterocycles. The molecule has 0 spiro atoms. The zero-order chi connectivity index (χ0) is 24.4. The van der Waals surface area contributed by atoms with E-state index in [-0.39, 0.29) is 24.7 Å². The second-order valence-corrected chi connectivity index (χ2v) is 9.09. The van der Waals surface area contributed by atoms with Crippen molar-refractivity contribution in [1.29, 1.82) is 0 Å². The molecule has 9 heteroatoms. The number of carboxylic acids is 1. The van der Waals surface area contributed by atoms with Gasteiger partial charge in [-0.15, -0.1) is 0 Å². The van der Waals surface area contributed by atoms with Gasteiger partial charge in [-0.05, 0) is 59.5 Å². The second kappa shape index (κ2) is 10.6. The van der Waals surface area contributed by atoms with Gasteiger partial charge in [0.05, 0.1) is 15.8 Å². The van der Waals surface area contributed by atoms with Gasteiger partial charge < -0.3 is 15.7 Å². The molecule has 0 bridgehead atoms. The van der Waals surface area contributed by atoms with E-state index in [0.29, 0.717) is 16.2 Å². The monoisotopic (exact) mass is 497 g/mol. The first-order valence-corrected chi connectivity index (χ1v) is 11.3. The number of thiazole rings is 1. The van der Waals surface area contributed by atoms with E-state index in [4.69, 9.17) is 0 Å². The molecular weight excluding hydrogens is 472 g/mol. The van der Waals surface area contributed by atoms with Crippen LogP contribution in [0.25, 0.3) is 21.3 Å². The molecular formula is C26H25F2N3O3S. The molecule has 4 aromatic rings. The number of carboxylic acid groups (broad SMARTS) is 1. The molecule has 35 heavy (non-hydrogen) atoms. The topological polar surface area (TPSA) is 91.3 Å². The lowest BCUT2D eigenvalue weighted by Gasteiger charge is -2.18. The van der Waals surface area contributed by atoms with Gasteiger partial charge in [0.1, 0.15) is 17.7 Å². The molecule has 1 atom stereocenters. The summed E-state index contributed by atoms with van der Waals surface area (Å²) < 4.78 is 28.8. The number of nitrogens with zero attached hydrogens (tertiary/aromatic N) is 1. The minimum absolute atomic E-state index is 0. The molecule has 0 saturated heterocycles. The first kappa shape index (κ1) is 25.8. The number of hydrogen-bond donors (Lipinski definition) is 3. The van der Waals surface area contributed by atoms with Crippen molar-refractivity contribution in [2.24, 2.45) is 5.92 Å². The molecule has 0 unspecified atom stereocenters. The third-order valence-electron chi connectivity index (χ3n) is 5.25. The Morgan fingerprint density at radius 3 is 2.29 bits per heavy atom. The summed E-state index contributed by atoms with van der Waals surface area (Å²) >= 11 is 1.33. The van der Waals surface area contributed by atoms with Crippen molar-refractivity contribution in [3.05, 3.63) is 77.9 Å². The number of amides is 1. The van der Waals surface area contributed by atoms with Crippen LogP contribution in [-0.2, 0) is 4.79 Å². The Labute approximate surface area is 205 Å². The zero-order valence-electron chi connectivity index (χ0n) is 18.3. The summed E-state index contributed by atoms with van der Waals surface area (Å²) in [5.41, 5.74) is 2.53. The van der Waals surface area contributed by atoms with E-state index in [2.05, 4.69) is 15.6 Å². The second-order valence-electron chi connectivity index (χ2n) is 8.06. The summed E-state index contributed by atoms with van der Waals surface area (Å²) in [5, 5.41) is 15.4. The summed E-state index contributed by atoms with van der Waals surface area (Å²) in [5.74, 6) is -3.36. The van der Waals surface area contributed by atoms with E-state index in [9.17, 15) is 23.5 Å². The molecule has 0 radical (unpaired) electrons. The lowest BCUT2D eigenvalue weighted by atomic mass is 10.0. The molecule has 3 N–H and O–H groups in total. The Kier molecular flexibility index (Phi) is 7.81. The highest BCUT2D eigenvalue weighted by Gasteiger charge is 2.25. The number of rotatable bonds is 7. The van der Waals surface area contributed by atoms with Gasteiger partial charge in [0.2, 0.25) is 0 Å². The van der Waals surface area contributed by atoms with Crippen molar-refractivity contribution in [3.63, 3.8) is 0 Å². The number of halogens is 2. The maximum Gasteiger partial charge on any atom is 0.326 e. The Morgan fingerprint density at radius 2 is 1.66 bits per heavy atom. The Hall–Kier alpha value is -3.85. The van der Waals surface area contributed by atoms with Gasteiger partial charge in [-0.2, -0.15) is 0 Å². The number of nitrogens with one attached hydrogen (secondary N) is 2. The van der Waals surface area contributed by atoms with E-state index < -0.39 is 23.7 Å². The number of carbonyl (C=O) groups is 2. The van der Waals surface area contributed by atoms with Crippen LogP contribution in [-0.4, -0.2) is 28.0 Å². The summed E-state index contributed by atoms with van der Waals surface area (Å²) in [6, 6.07) is 14.7. The quantitative estimate of drug-likeness (QED) is 0.273. The van der Waals surface area contributed by atoms with Gasteiger partial charge in [-0.1, -0.05) is 50.8 Å². The molecule has 0 aliphatic rings. The van der Waals surface area contributed by atoms with Crippen LogP contribution in [0.15, 0.2) is 60.7 Å². The van der Waals surface area contributed by atoms with Crippen LogP contribution >= 0.6 is 11.3 Å². The van der Waals surface area contributed by atoms with Crippen LogP contribution in [0.5, 0.6) is 0 Å². The molecule has 1 amide bonds. The van der Waals surface area contributed by atoms with Crippen LogP contribution < -0.4 is 10.6 Å². The predicted molar refractivity (Wildman–Crippen MR) is 135 cm³/mol. The van der Waals surface area contributed by atoms with Crippen molar-refractivity contribution in [3.8, 4) is 11.1 Å². The highest BCUT2D eigenvalue weighted by atomic mass is 32.1. The number of anilines is 2. The molecule has 6 nitrogen and oxygen atoms in total. The summed E-state index contributed by atoms with van der Waals surface area (Å²) in [6.07, 6.45) is 0. The molecule has 0 aliphatic carbocycles. The number of fused-ring (bicyclic) bond motifs is 1. The van der Waals surface area contributed by atoms with Gasteiger partial charge in [-0.3, -0.25) is 4.79 Å². The Balaban J connectivity index is 0.00000342. The number of carbonyl (C=O) groups excluding carboxylic acids is 1. The van der Waals surface area contributed by atoms with Gasteiger partial charge in [0.15, 0.2) is 5.13 Å². The largest absolute Gasteiger partial charge is 0.480 e. The van der Waals surface area contributed by atoms with E-state index in [1.54, 1.807) is 50.2 Å². The standard InChI is InChI=1S/C25H21F2N3O3S.CH4/c1-13(2)22(24(32)33)30-23(31)18-9-5-15(11-19(18)27)14-3-7-17(8-4-14)28-25-29-20-10-6-16(26)12-21(20)34-25;/h3-13,22H,1-2H3,(H,28,29)(H,30,31)(H,32,33);1H4/t22-;/m0./s1. The van der Waals surface area contributed by atoms with Crippen molar-refractivity contribution >= 4 is 44.2 Å². The third kappa shape index (κ3) is 5.81. The Morgan fingerprint density at radius 1 is 0.971 bits per heavy atom. The first-order valence-electron chi connectivity index (χ1n) is 10.5. The Bertz CT molecular complexity index is 1370. The predicted octanol–water partition coefficient (Wildman–Crippen LogP) is 6.46. The van der Waals surface area contributed by atoms with E-state index >= 15 is 0 Å². The SMILES string of the molecule is C.CC(C)[C@H](NC(=O)c1ccc(-c2ccc(Nc3nc4ccc(F)cc4s3)cc2)cc1F)C(=O)O. The van der Waals surface area contributed by atoms with Gasteiger partial charge in [0.25, 0.3) is 5.91 Å². The number of aliphatic carboxylic acids is 1. The van der Waals surface area contributed by atoms with E-state index in [1.165, 1.54) is 35.6 Å². The zero-order valence-corrected chi connectivity index (χ0v) is 19.1. The smallest absolute Gasteiger partial charge is 0.326 e. The third-order valence-corrected chi connectivity index (χ3v) is 6.19. The molecule has 1 aromatic heterocycles. The minimum atomic E-state index is -1.17. The molecule has 4 rings (SSSR count). The van der Waals surface area contributed by atoms with Crippen molar-refractivity contribution in [1.82, 2.24) is 10.3 Å². The maximum atomic E-state index is 14.7. The highest BCUT2D eigenvalue weighted by Crippen LogP contribution is 2.30. The van der Waals surface area contributed by atoms with Crippen LogP contribution in [0.1, 0.15) is 31.6 Å². The van der Waals surface area contributed by atoms with Crippen LogP contribution in [0.4, 0.5) is 19.6 Å². The summed E-state index contributed by atoms with van der Waals surface area (Å²) in [7, 11) is 0. The molecule has 0 fully saturated rings. The van der Waals surface area contributed by atoms with Gasteiger partial charge in [0, 0.05) is 5.69 Å². The average molecular weight is 498 g/mol. The van der Waals surface area contributed by atoms with Gasteiger partial charge in [-0.25, -0.2) is 18.6 Å². The molecule has 0 aliphatic heterocycles. The van der Waals surface area contributed by atoms with Crippen LogP contribution in [0.3, 0.4) is 0 Å². The average Bonchev–Trinajstić information content (AvgIpc) is 3.18. The fourth-order valence-corrected chi connectivity index (χ4v) is 4.34. The number of benzene rings is 3.